The van der Waals surface area contributed by atoms with Crippen molar-refractivity contribution in [1.82, 2.24) is 0 Å². The lowest BCUT2D eigenvalue weighted by Crippen LogP contribution is -2.32. The zero-order valence-corrected chi connectivity index (χ0v) is 14.7. The fourth-order valence-corrected chi connectivity index (χ4v) is 4.26. The first kappa shape index (κ1) is 16.5. The van der Waals surface area contributed by atoms with Crippen LogP contribution in [-0.4, -0.2) is 23.4 Å². The Balaban J connectivity index is 2.89. The minimum absolute atomic E-state index is 0.0206. The second-order valence-electron chi connectivity index (χ2n) is 4.70. The first-order chi connectivity index (χ1) is 8.55. The fourth-order valence-electron chi connectivity index (χ4n) is 1.83. The van der Waals surface area contributed by atoms with Crippen LogP contribution in [0.1, 0.15) is 25.8 Å². The summed E-state index contributed by atoms with van der Waals surface area (Å²) in [5.41, 5.74) is 1.15. The Labute approximate surface area is 132 Å². The van der Waals surface area contributed by atoms with E-state index in [1.54, 1.807) is 0 Å². The lowest BCUT2D eigenvalue weighted by atomic mass is 9.81. The molecule has 0 saturated heterocycles. The maximum Gasteiger partial charge on any atom is 0.0518 e. The Bertz CT molecular complexity index is 365. The molecular formula is C14H19Br2ClO. The molecule has 0 atom stereocenters. The van der Waals surface area contributed by atoms with Gasteiger partial charge in [0.25, 0.3) is 0 Å². The van der Waals surface area contributed by atoms with Crippen LogP contribution < -0.4 is 0 Å². The molecule has 0 spiro atoms. The Morgan fingerprint density at radius 3 is 2.33 bits per heavy atom. The van der Waals surface area contributed by atoms with E-state index in [1.807, 2.05) is 18.2 Å². The molecule has 0 bridgehead atoms. The summed E-state index contributed by atoms with van der Waals surface area (Å²) in [6.07, 6.45) is 1.20. The second kappa shape index (κ2) is 7.88. The summed E-state index contributed by atoms with van der Waals surface area (Å²) in [4.78, 5) is 0. The van der Waals surface area contributed by atoms with Gasteiger partial charge in [0.2, 0.25) is 0 Å². The van der Waals surface area contributed by atoms with Crippen molar-refractivity contribution in [3.63, 3.8) is 0 Å². The summed E-state index contributed by atoms with van der Waals surface area (Å²) in [7, 11) is 0. The molecule has 0 saturated carbocycles. The summed E-state index contributed by atoms with van der Waals surface area (Å²) >= 11 is 13.6. The van der Waals surface area contributed by atoms with E-state index in [9.17, 15) is 0 Å². The molecule has 0 aromatic heterocycles. The zero-order valence-electron chi connectivity index (χ0n) is 10.8. The molecule has 1 aromatic rings. The van der Waals surface area contributed by atoms with Gasteiger partial charge in [-0.15, -0.1) is 0 Å². The zero-order chi connectivity index (χ0) is 13.6. The van der Waals surface area contributed by atoms with Crippen LogP contribution in [0.15, 0.2) is 24.3 Å². The highest BCUT2D eigenvalue weighted by Crippen LogP contribution is 2.36. The molecule has 4 heteroatoms. The molecule has 0 aliphatic heterocycles. The van der Waals surface area contributed by atoms with E-state index in [0.29, 0.717) is 0 Å². The average molecular weight is 399 g/mol. The van der Waals surface area contributed by atoms with Crippen LogP contribution in [0.2, 0.25) is 5.02 Å². The maximum atomic E-state index is 6.33. The number of benzene rings is 1. The summed E-state index contributed by atoms with van der Waals surface area (Å²) in [5.74, 6) is 0. The quantitative estimate of drug-likeness (QED) is 0.575. The third kappa shape index (κ3) is 4.22. The summed E-state index contributed by atoms with van der Waals surface area (Å²) in [5, 5.41) is 2.54. The Morgan fingerprint density at radius 1 is 1.22 bits per heavy atom. The molecule has 1 rings (SSSR count). The largest absolute Gasteiger partial charge is 0.379 e. The second-order valence-corrected chi connectivity index (χ2v) is 6.23. The van der Waals surface area contributed by atoms with E-state index in [0.717, 1.165) is 28.7 Å². The van der Waals surface area contributed by atoms with Crippen LogP contribution in [-0.2, 0) is 10.2 Å². The summed E-state index contributed by atoms with van der Waals surface area (Å²) in [6, 6.07) is 8.04. The number of hydrogen-bond acceptors (Lipinski definition) is 1. The van der Waals surface area contributed by atoms with Gasteiger partial charge in [0.05, 0.1) is 6.10 Å². The van der Waals surface area contributed by atoms with Crippen molar-refractivity contribution in [2.45, 2.75) is 31.8 Å². The fraction of sp³-hybridized carbons (Fsp3) is 0.571. The van der Waals surface area contributed by atoms with Gasteiger partial charge < -0.3 is 4.74 Å². The van der Waals surface area contributed by atoms with Crippen molar-refractivity contribution in [2.24, 2.45) is 0 Å². The van der Waals surface area contributed by atoms with Crippen LogP contribution in [0, 0.1) is 0 Å². The Kier molecular flexibility index (Phi) is 7.22. The monoisotopic (exact) mass is 396 g/mol. The predicted octanol–water partition coefficient (Wildman–Crippen LogP) is 5.18. The molecule has 0 unspecified atom stereocenters. The van der Waals surface area contributed by atoms with Crippen LogP contribution in [0.25, 0.3) is 0 Å². The minimum atomic E-state index is -0.0206. The molecule has 0 heterocycles. The van der Waals surface area contributed by atoms with Gasteiger partial charge in [0.15, 0.2) is 0 Å². The number of hydrogen-bond donors (Lipinski definition) is 0. The molecule has 102 valence electrons. The topological polar surface area (TPSA) is 9.23 Å². The molecular weight excluding hydrogens is 379 g/mol. The van der Waals surface area contributed by atoms with Gasteiger partial charge >= 0.3 is 0 Å². The summed E-state index contributed by atoms with van der Waals surface area (Å²) < 4.78 is 5.68. The van der Waals surface area contributed by atoms with Crippen molar-refractivity contribution >= 4 is 43.5 Å². The van der Waals surface area contributed by atoms with E-state index in [2.05, 4.69) is 51.8 Å². The highest BCUT2D eigenvalue weighted by Gasteiger charge is 2.31. The van der Waals surface area contributed by atoms with Crippen molar-refractivity contribution in [3.05, 3.63) is 34.9 Å². The molecule has 1 aromatic carbocycles. The average Bonchev–Trinajstić information content (AvgIpc) is 2.36. The van der Waals surface area contributed by atoms with E-state index < -0.39 is 0 Å². The molecule has 0 aliphatic carbocycles. The van der Waals surface area contributed by atoms with Crippen LogP contribution in [0.3, 0.4) is 0 Å². The van der Waals surface area contributed by atoms with E-state index >= 15 is 0 Å². The summed E-state index contributed by atoms with van der Waals surface area (Å²) in [6.45, 7) is 4.85. The lowest BCUT2D eigenvalue weighted by molar-refractivity contribution is 0.0682. The molecule has 1 nitrogen and oxygen atoms in total. The van der Waals surface area contributed by atoms with Gasteiger partial charge in [-0.2, -0.15) is 0 Å². The minimum Gasteiger partial charge on any atom is -0.379 e. The molecule has 0 N–H and O–H groups in total. The maximum absolute atomic E-state index is 6.33. The van der Waals surface area contributed by atoms with Gasteiger partial charge in [-0.1, -0.05) is 61.7 Å². The third-order valence-electron chi connectivity index (χ3n) is 2.99. The van der Waals surface area contributed by atoms with Gasteiger partial charge in [-0.25, -0.2) is 0 Å². The smallest absolute Gasteiger partial charge is 0.0518 e. The van der Waals surface area contributed by atoms with Crippen LogP contribution in [0.4, 0.5) is 0 Å². The molecule has 0 aliphatic rings. The van der Waals surface area contributed by atoms with Crippen LogP contribution >= 0.6 is 43.5 Å². The first-order valence-corrected chi connectivity index (χ1v) is 8.66. The lowest BCUT2D eigenvalue weighted by Gasteiger charge is -2.31. The van der Waals surface area contributed by atoms with Gasteiger partial charge in [0, 0.05) is 27.7 Å². The van der Waals surface area contributed by atoms with Crippen molar-refractivity contribution in [2.75, 3.05) is 17.3 Å². The molecule has 18 heavy (non-hydrogen) atoms. The first-order valence-electron chi connectivity index (χ1n) is 6.04. The van der Waals surface area contributed by atoms with E-state index in [-0.39, 0.29) is 11.5 Å². The van der Waals surface area contributed by atoms with Gasteiger partial charge in [0.1, 0.15) is 0 Å². The molecule has 0 fully saturated rings. The molecule has 0 amide bonds. The highest BCUT2D eigenvalue weighted by atomic mass is 79.9. The molecule has 0 radical (unpaired) electrons. The highest BCUT2D eigenvalue weighted by molar-refractivity contribution is 9.09. The van der Waals surface area contributed by atoms with E-state index in [1.165, 1.54) is 5.56 Å². The van der Waals surface area contributed by atoms with Crippen molar-refractivity contribution in [3.8, 4) is 0 Å². The number of alkyl halides is 2. The van der Waals surface area contributed by atoms with Crippen LogP contribution in [0.5, 0.6) is 0 Å². The Hall–Kier alpha value is 0.430. The van der Waals surface area contributed by atoms with Crippen molar-refractivity contribution in [1.29, 1.82) is 0 Å². The standard InChI is InChI=1S/C14H19Br2ClO/c1-11(2)18-8-7-14(9-15,10-16)12-5-3-4-6-13(12)17/h3-6,11H,7-10H2,1-2H3. The number of halogens is 3. The SMILES string of the molecule is CC(C)OCCC(CBr)(CBr)c1ccccc1Cl. The van der Waals surface area contributed by atoms with Gasteiger partial charge in [-0.05, 0) is 31.9 Å². The predicted molar refractivity (Wildman–Crippen MR) is 86.4 cm³/mol. The van der Waals surface area contributed by atoms with E-state index in [4.69, 9.17) is 16.3 Å². The van der Waals surface area contributed by atoms with Gasteiger partial charge in [-0.3, -0.25) is 0 Å². The van der Waals surface area contributed by atoms with Crippen molar-refractivity contribution < 1.29 is 4.74 Å². The number of ether oxygens (including phenoxy) is 1. The number of rotatable bonds is 7. The third-order valence-corrected chi connectivity index (χ3v) is 5.46. The normalized spacial score (nSPS) is 12.1. The Morgan fingerprint density at radius 2 is 1.83 bits per heavy atom.